The number of nitrogens with zero attached hydrogens (tertiary/aromatic N) is 1. The van der Waals surface area contributed by atoms with Crippen molar-refractivity contribution < 1.29 is 3.56 Å². The van der Waals surface area contributed by atoms with Crippen LogP contribution in [0.1, 0.15) is 0 Å². The second-order valence-electron chi connectivity index (χ2n) is 3.80. The van der Waals surface area contributed by atoms with Gasteiger partial charge >= 0.3 is 107 Å². The zero-order valence-electron chi connectivity index (χ0n) is 9.28. The third-order valence-electron chi connectivity index (χ3n) is 2.63. The van der Waals surface area contributed by atoms with Crippen LogP contribution in [0.3, 0.4) is 0 Å². The Kier molecular flexibility index (Phi) is 2.91. The SMILES string of the molecule is c1ccc(-c2cc[n+](-c3ccccc3)[se]2)cc1. The summed E-state index contributed by atoms with van der Waals surface area (Å²) in [5, 5.41) is 0. The Morgan fingerprint density at radius 2 is 1.35 bits per heavy atom. The molecule has 0 aliphatic heterocycles. The van der Waals surface area contributed by atoms with Crippen molar-refractivity contribution in [2.45, 2.75) is 0 Å². The van der Waals surface area contributed by atoms with Crippen LogP contribution in [0.4, 0.5) is 0 Å². The summed E-state index contributed by atoms with van der Waals surface area (Å²) >= 11 is 0.350. The van der Waals surface area contributed by atoms with Gasteiger partial charge in [0.1, 0.15) is 0 Å². The van der Waals surface area contributed by atoms with Crippen molar-refractivity contribution in [3.8, 4) is 15.7 Å². The van der Waals surface area contributed by atoms with Crippen molar-refractivity contribution in [3.05, 3.63) is 72.9 Å². The number of para-hydroxylation sites is 1. The molecule has 0 bridgehead atoms. The molecule has 3 aromatic rings. The predicted octanol–water partition coefficient (Wildman–Crippen LogP) is 2.69. The molecule has 0 spiro atoms. The van der Waals surface area contributed by atoms with E-state index in [1.54, 1.807) is 0 Å². The van der Waals surface area contributed by atoms with E-state index in [4.69, 9.17) is 0 Å². The van der Waals surface area contributed by atoms with Gasteiger partial charge in [-0.1, -0.05) is 0 Å². The van der Waals surface area contributed by atoms with Crippen LogP contribution in [-0.4, -0.2) is 14.7 Å². The summed E-state index contributed by atoms with van der Waals surface area (Å²) in [6, 6.07) is 23.4. The first-order valence-corrected chi connectivity index (χ1v) is 7.18. The zero-order valence-corrected chi connectivity index (χ0v) is 11.0. The topological polar surface area (TPSA) is 3.88 Å². The average molecular weight is 285 g/mol. The summed E-state index contributed by atoms with van der Waals surface area (Å²) in [5.74, 6) is 0. The van der Waals surface area contributed by atoms with Gasteiger partial charge in [0, 0.05) is 0 Å². The summed E-state index contributed by atoms with van der Waals surface area (Å²) < 4.78 is 3.76. The normalized spacial score (nSPS) is 10.4. The van der Waals surface area contributed by atoms with Gasteiger partial charge in [0.2, 0.25) is 0 Å². The van der Waals surface area contributed by atoms with Gasteiger partial charge in [0.05, 0.1) is 0 Å². The van der Waals surface area contributed by atoms with Crippen LogP contribution in [0.25, 0.3) is 15.7 Å². The molecule has 0 aliphatic rings. The van der Waals surface area contributed by atoms with Gasteiger partial charge in [-0.05, 0) is 0 Å². The van der Waals surface area contributed by atoms with E-state index in [1.807, 2.05) is 0 Å². The van der Waals surface area contributed by atoms with Gasteiger partial charge in [0.25, 0.3) is 0 Å². The minimum absolute atomic E-state index is 0.350. The van der Waals surface area contributed by atoms with E-state index >= 15 is 0 Å². The molecule has 0 atom stereocenters. The standard InChI is InChI=1S/C15H12NSe/c1-3-7-13(8-4-1)15-11-12-16(17-15)14-9-5-2-6-10-14/h1-12H/q+1. The number of hydrogen-bond acceptors (Lipinski definition) is 0. The molecule has 0 aliphatic carbocycles. The van der Waals surface area contributed by atoms with Crippen molar-refractivity contribution in [1.82, 2.24) is 0 Å². The Morgan fingerprint density at radius 3 is 2.06 bits per heavy atom. The average Bonchev–Trinajstić information content (AvgIpc) is 2.90. The van der Waals surface area contributed by atoms with E-state index in [1.165, 1.54) is 15.7 Å². The van der Waals surface area contributed by atoms with E-state index in [2.05, 4.69) is 76.5 Å². The maximum absolute atomic E-state index is 2.33. The fraction of sp³-hybridized carbons (Fsp3) is 0. The van der Waals surface area contributed by atoms with E-state index in [0.29, 0.717) is 14.7 Å². The van der Waals surface area contributed by atoms with Gasteiger partial charge in [-0.25, -0.2) is 0 Å². The van der Waals surface area contributed by atoms with Crippen LogP contribution in [0, 0.1) is 0 Å². The van der Waals surface area contributed by atoms with Gasteiger partial charge in [-0.15, -0.1) is 0 Å². The Hall–Kier alpha value is -1.63. The fourth-order valence-corrected chi connectivity index (χ4v) is 3.71. The third kappa shape index (κ3) is 2.23. The number of rotatable bonds is 2. The van der Waals surface area contributed by atoms with Crippen molar-refractivity contribution in [2.24, 2.45) is 0 Å². The first-order valence-electron chi connectivity index (χ1n) is 5.56. The van der Waals surface area contributed by atoms with E-state index in [0.717, 1.165) is 0 Å². The molecule has 0 unspecified atom stereocenters. The fourth-order valence-electron chi connectivity index (χ4n) is 1.77. The van der Waals surface area contributed by atoms with Gasteiger partial charge in [-0.2, -0.15) is 0 Å². The van der Waals surface area contributed by atoms with E-state index in [-0.39, 0.29) is 0 Å². The summed E-state index contributed by atoms with van der Waals surface area (Å²) in [6.07, 6.45) is 2.18. The summed E-state index contributed by atoms with van der Waals surface area (Å²) in [6.45, 7) is 0. The molecule has 0 saturated carbocycles. The quantitative estimate of drug-likeness (QED) is 0.637. The van der Waals surface area contributed by atoms with Crippen molar-refractivity contribution in [1.29, 1.82) is 0 Å². The van der Waals surface area contributed by atoms with Gasteiger partial charge < -0.3 is 0 Å². The van der Waals surface area contributed by atoms with Crippen molar-refractivity contribution in [3.63, 3.8) is 0 Å². The number of aromatic nitrogens is 1. The van der Waals surface area contributed by atoms with Gasteiger partial charge in [-0.3, -0.25) is 0 Å². The molecule has 0 N–H and O–H groups in total. The predicted molar refractivity (Wildman–Crippen MR) is 70.4 cm³/mol. The molecule has 82 valence electrons. The first kappa shape index (κ1) is 10.5. The molecule has 2 aromatic carbocycles. The third-order valence-corrected chi connectivity index (χ3v) is 4.93. The molecule has 2 heteroatoms. The minimum atomic E-state index is 0.350. The molecular weight excluding hydrogens is 273 g/mol. The zero-order chi connectivity index (χ0) is 11.5. The van der Waals surface area contributed by atoms with Crippen LogP contribution in [0.5, 0.6) is 0 Å². The molecule has 1 nitrogen and oxygen atoms in total. The molecule has 0 fully saturated rings. The van der Waals surface area contributed by atoms with Crippen LogP contribution >= 0.6 is 0 Å². The molecular formula is C15H12NSe+. The molecule has 0 radical (unpaired) electrons. The molecule has 0 amide bonds. The Labute approximate surface area is 107 Å². The number of hydrogen-bond donors (Lipinski definition) is 0. The summed E-state index contributed by atoms with van der Waals surface area (Å²) in [7, 11) is 0. The molecule has 3 rings (SSSR count). The van der Waals surface area contributed by atoms with Crippen LogP contribution in [-0.2, 0) is 0 Å². The molecule has 1 aromatic heterocycles. The van der Waals surface area contributed by atoms with Gasteiger partial charge in [0.15, 0.2) is 0 Å². The molecule has 1 heterocycles. The van der Waals surface area contributed by atoms with Crippen LogP contribution < -0.4 is 3.56 Å². The second kappa shape index (κ2) is 4.70. The van der Waals surface area contributed by atoms with E-state index < -0.39 is 0 Å². The Balaban J connectivity index is 1.99. The van der Waals surface area contributed by atoms with E-state index in [9.17, 15) is 0 Å². The Morgan fingerprint density at radius 1 is 0.706 bits per heavy atom. The van der Waals surface area contributed by atoms with Crippen LogP contribution in [0.15, 0.2) is 72.9 Å². The van der Waals surface area contributed by atoms with Crippen molar-refractivity contribution >= 4 is 14.7 Å². The summed E-state index contributed by atoms with van der Waals surface area (Å²) in [5.41, 5.74) is 2.61. The first-order chi connectivity index (χ1) is 8.43. The molecule has 17 heavy (non-hydrogen) atoms. The monoisotopic (exact) mass is 286 g/mol. The van der Waals surface area contributed by atoms with Crippen molar-refractivity contribution in [2.75, 3.05) is 0 Å². The van der Waals surface area contributed by atoms with Crippen LogP contribution in [0.2, 0.25) is 0 Å². The molecule has 0 saturated heterocycles. The second-order valence-corrected chi connectivity index (χ2v) is 5.93. The number of benzene rings is 2. The Bertz CT molecular complexity index is 545. The summed E-state index contributed by atoms with van der Waals surface area (Å²) in [4.78, 5) is 0. The maximum atomic E-state index is 2.33.